The quantitative estimate of drug-likeness (QED) is 0.595. The summed E-state index contributed by atoms with van der Waals surface area (Å²) in [5.41, 5.74) is 1.89. The number of carbonyl (C=O) groups excluding carboxylic acids is 2. The van der Waals surface area contributed by atoms with Crippen molar-refractivity contribution in [1.29, 1.82) is 0 Å². The second-order valence-corrected chi connectivity index (χ2v) is 7.33. The van der Waals surface area contributed by atoms with Crippen LogP contribution in [0, 0.1) is 6.92 Å². The van der Waals surface area contributed by atoms with Gasteiger partial charge in [0.15, 0.2) is 12.4 Å². The van der Waals surface area contributed by atoms with Crippen LogP contribution in [0.25, 0.3) is 6.08 Å². The monoisotopic (exact) mass is 366 g/mol. The standard InChI is InChI=1S/C22H22O5/c1-14-7-5-6-8-15(14)11-19-21(24)17-10-9-16(12-18(17)26-19)25-13-20(23)27-22(2,3)4/h5-12H,13H2,1-4H3. The fraction of sp³-hybridized carbons (Fsp3) is 0.273. The summed E-state index contributed by atoms with van der Waals surface area (Å²) in [6.07, 6.45) is 1.74. The lowest BCUT2D eigenvalue weighted by Gasteiger charge is -2.19. The van der Waals surface area contributed by atoms with Crippen molar-refractivity contribution in [2.45, 2.75) is 33.3 Å². The highest BCUT2D eigenvalue weighted by Gasteiger charge is 2.28. The number of benzene rings is 2. The molecule has 1 heterocycles. The predicted octanol–water partition coefficient (Wildman–Crippen LogP) is 4.33. The van der Waals surface area contributed by atoms with Gasteiger partial charge < -0.3 is 14.2 Å². The predicted molar refractivity (Wildman–Crippen MR) is 102 cm³/mol. The molecule has 0 atom stereocenters. The molecule has 0 saturated carbocycles. The van der Waals surface area contributed by atoms with Crippen molar-refractivity contribution in [2.75, 3.05) is 6.61 Å². The number of esters is 1. The number of hydrogen-bond donors (Lipinski definition) is 0. The smallest absolute Gasteiger partial charge is 0.344 e. The molecule has 0 bridgehead atoms. The van der Waals surface area contributed by atoms with Gasteiger partial charge in [0, 0.05) is 6.07 Å². The number of Topliss-reactive ketones (excluding diaryl/α,β-unsaturated/α-hetero) is 1. The molecule has 5 nitrogen and oxygen atoms in total. The summed E-state index contributed by atoms with van der Waals surface area (Å²) in [4.78, 5) is 24.3. The van der Waals surface area contributed by atoms with E-state index in [-0.39, 0.29) is 18.1 Å². The van der Waals surface area contributed by atoms with Crippen LogP contribution in [0.3, 0.4) is 0 Å². The van der Waals surface area contributed by atoms with Gasteiger partial charge in [0.05, 0.1) is 5.56 Å². The molecule has 0 aromatic heterocycles. The third kappa shape index (κ3) is 4.56. The van der Waals surface area contributed by atoms with E-state index in [4.69, 9.17) is 14.2 Å². The summed E-state index contributed by atoms with van der Waals surface area (Å²) in [6.45, 7) is 7.14. The van der Waals surface area contributed by atoms with E-state index in [1.165, 1.54) is 0 Å². The van der Waals surface area contributed by atoms with Gasteiger partial charge in [-0.2, -0.15) is 0 Å². The highest BCUT2D eigenvalue weighted by Crippen LogP contribution is 2.35. The second-order valence-electron chi connectivity index (χ2n) is 7.33. The zero-order valence-corrected chi connectivity index (χ0v) is 15.9. The van der Waals surface area contributed by atoms with Crippen LogP contribution in [0.1, 0.15) is 42.3 Å². The van der Waals surface area contributed by atoms with Crippen molar-refractivity contribution in [1.82, 2.24) is 0 Å². The Hall–Kier alpha value is -3.08. The summed E-state index contributed by atoms with van der Waals surface area (Å²) in [7, 11) is 0. The summed E-state index contributed by atoms with van der Waals surface area (Å²) >= 11 is 0. The maximum absolute atomic E-state index is 12.5. The summed E-state index contributed by atoms with van der Waals surface area (Å²) in [5, 5.41) is 0. The van der Waals surface area contributed by atoms with Gasteiger partial charge in [-0.3, -0.25) is 4.79 Å². The first-order valence-electron chi connectivity index (χ1n) is 8.71. The molecule has 5 heteroatoms. The lowest BCUT2D eigenvalue weighted by atomic mass is 10.1. The molecule has 0 unspecified atom stereocenters. The fourth-order valence-electron chi connectivity index (χ4n) is 2.66. The number of ether oxygens (including phenoxy) is 3. The topological polar surface area (TPSA) is 61.8 Å². The van der Waals surface area contributed by atoms with Crippen LogP contribution in [0.15, 0.2) is 48.2 Å². The molecule has 2 aromatic rings. The minimum absolute atomic E-state index is 0.174. The van der Waals surface area contributed by atoms with E-state index in [1.54, 1.807) is 45.0 Å². The van der Waals surface area contributed by atoms with Gasteiger partial charge in [0.1, 0.15) is 17.1 Å². The molecule has 0 amide bonds. The lowest BCUT2D eigenvalue weighted by molar-refractivity contribution is -0.157. The van der Waals surface area contributed by atoms with Gasteiger partial charge in [0.2, 0.25) is 5.78 Å². The number of hydrogen-bond acceptors (Lipinski definition) is 5. The van der Waals surface area contributed by atoms with E-state index in [9.17, 15) is 9.59 Å². The number of allylic oxidation sites excluding steroid dienone is 1. The van der Waals surface area contributed by atoms with Crippen LogP contribution in [0.4, 0.5) is 0 Å². The first-order valence-corrected chi connectivity index (χ1v) is 8.71. The van der Waals surface area contributed by atoms with Gasteiger partial charge in [0.25, 0.3) is 0 Å². The molecule has 0 radical (unpaired) electrons. The zero-order chi connectivity index (χ0) is 19.6. The molecule has 140 valence electrons. The van der Waals surface area contributed by atoms with Crippen LogP contribution < -0.4 is 9.47 Å². The average molecular weight is 366 g/mol. The Balaban J connectivity index is 1.72. The molecule has 0 saturated heterocycles. The molecular formula is C22H22O5. The number of aryl methyl sites for hydroxylation is 1. The molecular weight excluding hydrogens is 344 g/mol. The van der Waals surface area contributed by atoms with Crippen molar-refractivity contribution in [3.05, 3.63) is 64.9 Å². The maximum atomic E-state index is 12.5. The van der Waals surface area contributed by atoms with E-state index < -0.39 is 11.6 Å². The Kier molecular flexibility index (Phi) is 5.04. The molecule has 0 fully saturated rings. The van der Waals surface area contributed by atoms with Crippen LogP contribution in [-0.4, -0.2) is 24.0 Å². The van der Waals surface area contributed by atoms with E-state index in [0.29, 0.717) is 17.1 Å². The molecule has 27 heavy (non-hydrogen) atoms. The Morgan fingerprint density at radius 3 is 2.59 bits per heavy atom. The Bertz CT molecular complexity index is 919. The Labute approximate surface area is 158 Å². The van der Waals surface area contributed by atoms with Crippen molar-refractivity contribution < 1.29 is 23.8 Å². The van der Waals surface area contributed by atoms with Gasteiger partial charge in [-0.15, -0.1) is 0 Å². The summed E-state index contributed by atoms with van der Waals surface area (Å²) < 4.78 is 16.4. The van der Waals surface area contributed by atoms with E-state index in [2.05, 4.69) is 0 Å². The Morgan fingerprint density at radius 2 is 1.89 bits per heavy atom. The minimum Gasteiger partial charge on any atom is -0.482 e. The van der Waals surface area contributed by atoms with Crippen LogP contribution in [-0.2, 0) is 9.53 Å². The van der Waals surface area contributed by atoms with Crippen molar-refractivity contribution in [2.24, 2.45) is 0 Å². The first kappa shape index (κ1) is 18.7. The SMILES string of the molecule is Cc1ccccc1C=C1Oc2cc(OCC(=O)OC(C)(C)C)ccc2C1=O. The molecule has 0 N–H and O–H groups in total. The largest absolute Gasteiger partial charge is 0.482 e. The first-order chi connectivity index (χ1) is 12.7. The fourth-order valence-corrected chi connectivity index (χ4v) is 2.66. The normalized spacial score (nSPS) is 14.7. The lowest BCUT2D eigenvalue weighted by Crippen LogP contribution is -2.27. The van der Waals surface area contributed by atoms with Crippen molar-refractivity contribution in [3.8, 4) is 11.5 Å². The molecule has 0 spiro atoms. The molecule has 1 aliphatic heterocycles. The van der Waals surface area contributed by atoms with Crippen LogP contribution in [0.5, 0.6) is 11.5 Å². The number of ketones is 1. The second kappa shape index (κ2) is 7.27. The van der Waals surface area contributed by atoms with Crippen molar-refractivity contribution in [3.63, 3.8) is 0 Å². The van der Waals surface area contributed by atoms with Gasteiger partial charge in [-0.25, -0.2) is 4.79 Å². The highest BCUT2D eigenvalue weighted by molar-refractivity contribution is 6.14. The zero-order valence-electron chi connectivity index (χ0n) is 15.9. The van der Waals surface area contributed by atoms with E-state index in [1.807, 2.05) is 31.2 Å². The number of fused-ring (bicyclic) bond motifs is 1. The summed E-state index contributed by atoms with van der Waals surface area (Å²) in [5.74, 6) is 0.488. The summed E-state index contributed by atoms with van der Waals surface area (Å²) in [6, 6.07) is 12.6. The third-order valence-corrected chi connectivity index (χ3v) is 3.89. The minimum atomic E-state index is -0.566. The van der Waals surface area contributed by atoms with E-state index in [0.717, 1.165) is 11.1 Å². The van der Waals surface area contributed by atoms with Gasteiger partial charge >= 0.3 is 5.97 Å². The molecule has 2 aromatic carbocycles. The average Bonchev–Trinajstić information content (AvgIpc) is 2.89. The van der Waals surface area contributed by atoms with Gasteiger partial charge in [-0.1, -0.05) is 24.3 Å². The maximum Gasteiger partial charge on any atom is 0.344 e. The Morgan fingerprint density at radius 1 is 1.15 bits per heavy atom. The molecule has 0 aliphatic carbocycles. The number of rotatable bonds is 4. The molecule has 3 rings (SSSR count). The molecule has 1 aliphatic rings. The van der Waals surface area contributed by atoms with Crippen LogP contribution >= 0.6 is 0 Å². The van der Waals surface area contributed by atoms with Gasteiger partial charge in [-0.05, 0) is 57.0 Å². The van der Waals surface area contributed by atoms with Crippen molar-refractivity contribution >= 4 is 17.8 Å². The van der Waals surface area contributed by atoms with Crippen LogP contribution in [0.2, 0.25) is 0 Å². The van der Waals surface area contributed by atoms with E-state index >= 15 is 0 Å². The number of carbonyl (C=O) groups is 2. The highest BCUT2D eigenvalue weighted by atomic mass is 16.6. The third-order valence-electron chi connectivity index (χ3n) is 3.89.